The van der Waals surface area contributed by atoms with Gasteiger partial charge in [0.15, 0.2) is 0 Å². The van der Waals surface area contributed by atoms with Gasteiger partial charge in [-0.15, -0.1) is 0 Å². The first-order valence-electron chi connectivity index (χ1n) is 6.19. The number of ether oxygens (including phenoxy) is 1. The third-order valence-corrected chi connectivity index (χ3v) is 3.43. The molecule has 0 aliphatic carbocycles. The molecule has 19 heavy (non-hydrogen) atoms. The van der Waals surface area contributed by atoms with E-state index < -0.39 is 0 Å². The fourth-order valence-corrected chi connectivity index (χ4v) is 2.23. The van der Waals surface area contributed by atoms with E-state index in [4.69, 9.17) is 10.6 Å². The molecule has 0 fully saturated rings. The highest BCUT2D eigenvalue weighted by Gasteiger charge is 2.18. The SMILES string of the molecule is COc1c(C(NN)c2ccncc2)ccc(C)c1C. The van der Waals surface area contributed by atoms with Crippen LogP contribution in [0.25, 0.3) is 0 Å². The number of hydrogen-bond acceptors (Lipinski definition) is 4. The molecule has 1 heterocycles. The summed E-state index contributed by atoms with van der Waals surface area (Å²) >= 11 is 0. The molecule has 0 radical (unpaired) electrons. The number of nitrogens with zero attached hydrogens (tertiary/aromatic N) is 1. The molecule has 0 saturated carbocycles. The van der Waals surface area contributed by atoms with Gasteiger partial charge in [0, 0.05) is 18.0 Å². The highest BCUT2D eigenvalue weighted by molar-refractivity contribution is 5.49. The van der Waals surface area contributed by atoms with Crippen molar-refractivity contribution in [2.75, 3.05) is 7.11 Å². The minimum Gasteiger partial charge on any atom is -0.496 e. The second kappa shape index (κ2) is 5.82. The number of hydrogen-bond donors (Lipinski definition) is 2. The molecule has 0 bridgehead atoms. The molecule has 1 atom stereocenters. The number of aryl methyl sites for hydroxylation is 1. The van der Waals surface area contributed by atoms with Crippen LogP contribution in [0.2, 0.25) is 0 Å². The van der Waals surface area contributed by atoms with Gasteiger partial charge < -0.3 is 4.74 Å². The van der Waals surface area contributed by atoms with Gasteiger partial charge in [0.2, 0.25) is 0 Å². The lowest BCUT2D eigenvalue weighted by Crippen LogP contribution is -2.29. The van der Waals surface area contributed by atoms with Gasteiger partial charge >= 0.3 is 0 Å². The zero-order valence-electron chi connectivity index (χ0n) is 11.5. The predicted octanol–water partition coefficient (Wildman–Crippen LogP) is 2.26. The monoisotopic (exact) mass is 257 g/mol. The van der Waals surface area contributed by atoms with Crippen molar-refractivity contribution in [2.45, 2.75) is 19.9 Å². The van der Waals surface area contributed by atoms with Crippen molar-refractivity contribution in [1.29, 1.82) is 0 Å². The van der Waals surface area contributed by atoms with Crippen LogP contribution in [0.1, 0.15) is 28.3 Å². The Morgan fingerprint density at radius 1 is 1.16 bits per heavy atom. The Balaban J connectivity index is 2.53. The van der Waals surface area contributed by atoms with Crippen LogP contribution < -0.4 is 16.0 Å². The maximum Gasteiger partial charge on any atom is 0.127 e. The highest BCUT2D eigenvalue weighted by atomic mass is 16.5. The summed E-state index contributed by atoms with van der Waals surface area (Å²) in [5.41, 5.74) is 7.26. The van der Waals surface area contributed by atoms with Crippen LogP contribution in [0.4, 0.5) is 0 Å². The molecule has 2 rings (SSSR count). The van der Waals surface area contributed by atoms with Gasteiger partial charge in [-0.05, 0) is 42.7 Å². The van der Waals surface area contributed by atoms with Crippen LogP contribution >= 0.6 is 0 Å². The first-order chi connectivity index (χ1) is 9.19. The molecule has 1 unspecified atom stereocenters. The van der Waals surface area contributed by atoms with E-state index in [9.17, 15) is 0 Å². The first-order valence-corrected chi connectivity index (χ1v) is 6.19. The summed E-state index contributed by atoms with van der Waals surface area (Å²) in [6.07, 6.45) is 3.51. The van der Waals surface area contributed by atoms with E-state index >= 15 is 0 Å². The van der Waals surface area contributed by atoms with Gasteiger partial charge in [0.1, 0.15) is 5.75 Å². The van der Waals surface area contributed by atoms with Gasteiger partial charge in [-0.3, -0.25) is 10.8 Å². The van der Waals surface area contributed by atoms with Gasteiger partial charge in [-0.1, -0.05) is 12.1 Å². The van der Waals surface area contributed by atoms with Crippen molar-refractivity contribution in [3.8, 4) is 5.75 Å². The van der Waals surface area contributed by atoms with E-state index in [0.717, 1.165) is 22.4 Å². The van der Waals surface area contributed by atoms with E-state index in [0.29, 0.717) is 0 Å². The second-order valence-electron chi connectivity index (χ2n) is 4.51. The molecule has 0 aliphatic rings. The average molecular weight is 257 g/mol. The summed E-state index contributed by atoms with van der Waals surface area (Å²) in [7, 11) is 1.69. The minimum atomic E-state index is -0.114. The third-order valence-electron chi connectivity index (χ3n) is 3.43. The Morgan fingerprint density at radius 2 is 1.84 bits per heavy atom. The van der Waals surface area contributed by atoms with E-state index in [1.165, 1.54) is 5.56 Å². The van der Waals surface area contributed by atoms with Gasteiger partial charge in [-0.25, -0.2) is 5.43 Å². The number of benzene rings is 1. The first kappa shape index (κ1) is 13.5. The lowest BCUT2D eigenvalue weighted by molar-refractivity contribution is 0.400. The molecule has 1 aromatic carbocycles. The maximum atomic E-state index is 5.72. The number of aromatic nitrogens is 1. The molecule has 100 valence electrons. The summed E-state index contributed by atoms with van der Waals surface area (Å²) in [4.78, 5) is 4.03. The normalized spacial score (nSPS) is 12.2. The summed E-state index contributed by atoms with van der Waals surface area (Å²) in [5, 5.41) is 0. The zero-order chi connectivity index (χ0) is 13.8. The number of methoxy groups -OCH3 is 1. The standard InChI is InChI=1S/C15H19N3O/c1-10-4-5-13(15(19-3)11(10)2)14(18-16)12-6-8-17-9-7-12/h4-9,14,18H,16H2,1-3H3. The molecule has 1 aromatic heterocycles. The van der Waals surface area contributed by atoms with Crippen molar-refractivity contribution < 1.29 is 4.74 Å². The van der Waals surface area contributed by atoms with E-state index in [1.807, 2.05) is 18.2 Å². The molecular weight excluding hydrogens is 238 g/mol. The van der Waals surface area contributed by atoms with E-state index in [-0.39, 0.29) is 6.04 Å². The zero-order valence-corrected chi connectivity index (χ0v) is 11.5. The fraction of sp³-hybridized carbons (Fsp3) is 0.267. The molecule has 3 N–H and O–H groups in total. The lowest BCUT2D eigenvalue weighted by atomic mass is 9.95. The molecular formula is C15H19N3O. The molecule has 0 saturated heterocycles. The topological polar surface area (TPSA) is 60.2 Å². The predicted molar refractivity (Wildman–Crippen MR) is 75.9 cm³/mol. The number of nitrogens with one attached hydrogen (secondary N) is 1. The number of nitrogens with two attached hydrogens (primary N) is 1. The Kier molecular flexibility index (Phi) is 4.14. The van der Waals surface area contributed by atoms with E-state index in [1.54, 1.807) is 19.5 Å². The van der Waals surface area contributed by atoms with E-state index in [2.05, 4.69) is 30.3 Å². The number of rotatable bonds is 4. The smallest absolute Gasteiger partial charge is 0.127 e. The lowest BCUT2D eigenvalue weighted by Gasteiger charge is -2.21. The molecule has 0 spiro atoms. The molecule has 2 aromatic rings. The summed E-state index contributed by atoms with van der Waals surface area (Å²) in [6.45, 7) is 4.12. The Morgan fingerprint density at radius 3 is 2.42 bits per heavy atom. The van der Waals surface area contributed by atoms with Crippen LogP contribution in [0.15, 0.2) is 36.7 Å². The number of pyridine rings is 1. The van der Waals surface area contributed by atoms with Crippen molar-refractivity contribution >= 4 is 0 Å². The second-order valence-corrected chi connectivity index (χ2v) is 4.51. The van der Waals surface area contributed by atoms with Crippen molar-refractivity contribution in [3.63, 3.8) is 0 Å². The van der Waals surface area contributed by atoms with Gasteiger partial charge in [0.25, 0.3) is 0 Å². The maximum absolute atomic E-state index is 5.72. The van der Waals surface area contributed by atoms with Crippen LogP contribution in [0.3, 0.4) is 0 Å². The molecule has 0 amide bonds. The molecule has 0 aliphatic heterocycles. The summed E-state index contributed by atoms with van der Waals surface area (Å²) < 4.78 is 5.55. The number of hydrazine groups is 1. The molecule has 4 nitrogen and oxygen atoms in total. The summed E-state index contributed by atoms with van der Waals surface area (Å²) in [5.74, 6) is 6.60. The van der Waals surface area contributed by atoms with Crippen LogP contribution in [-0.2, 0) is 0 Å². The van der Waals surface area contributed by atoms with Crippen LogP contribution in [0.5, 0.6) is 5.75 Å². The van der Waals surface area contributed by atoms with Crippen LogP contribution in [-0.4, -0.2) is 12.1 Å². The fourth-order valence-electron chi connectivity index (χ4n) is 2.23. The Hall–Kier alpha value is -1.91. The van der Waals surface area contributed by atoms with Crippen molar-refractivity contribution in [3.05, 3.63) is 58.9 Å². The third kappa shape index (κ3) is 2.59. The van der Waals surface area contributed by atoms with Crippen molar-refractivity contribution in [1.82, 2.24) is 10.4 Å². The van der Waals surface area contributed by atoms with Gasteiger partial charge in [-0.2, -0.15) is 0 Å². The highest BCUT2D eigenvalue weighted by Crippen LogP contribution is 2.33. The van der Waals surface area contributed by atoms with Gasteiger partial charge in [0.05, 0.1) is 13.2 Å². The average Bonchev–Trinajstić information content (AvgIpc) is 2.45. The quantitative estimate of drug-likeness (QED) is 0.651. The Bertz CT molecular complexity index is 555. The largest absolute Gasteiger partial charge is 0.496 e. The van der Waals surface area contributed by atoms with Crippen molar-refractivity contribution in [2.24, 2.45) is 5.84 Å². The minimum absolute atomic E-state index is 0.114. The Labute approximate surface area is 113 Å². The summed E-state index contributed by atoms with van der Waals surface area (Å²) in [6, 6.07) is 7.90. The molecule has 4 heteroatoms. The van der Waals surface area contributed by atoms with Crippen LogP contribution in [0, 0.1) is 13.8 Å².